The van der Waals surface area contributed by atoms with Crippen LogP contribution in [0.2, 0.25) is 20.1 Å². The Morgan fingerprint density at radius 2 is 1.08 bits per heavy atom. The molecule has 0 bridgehead atoms. The number of carbonyl (C=O) groups is 4. The molecular weight excluding hydrogens is 730 g/mol. The Balaban J connectivity index is 2.08. The highest BCUT2D eigenvalue weighted by Crippen LogP contribution is 2.82. The molecule has 6 atom stereocenters. The number of methoxy groups -OCH3 is 2. The Bertz CT molecular complexity index is 1880. The number of hydrogen-bond donors (Lipinski definition) is 2. The number of fused-ring (bicyclic) bond motifs is 4. The van der Waals surface area contributed by atoms with Crippen LogP contribution in [0, 0.1) is 10.8 Å². The molecule has 2 heterocycles. The smallest absolute Gasteiger partial charge is 0.336 e. The third-order valence-corrected chi connectivity index (χ3v) is 12.5. The van der Waals surface area contributed by atoms with Crippen molar-refractivity contribution in [3.8, 4) is 0 Å². The Morgan fingerprint density at radius 3 is 1.48 bits per heavy atom. The molecule has 10 nitrogen and oxygen atoms in total. The van der Waals surface area contributed by atoms with Gasteiger partial charge in [0, 0.05) is 23.2 Å². The van der Waals surface area contributed by atoms with Crippen LogP contribution in [0.1, 0.15) is 64.5 Å². The van der Waals surface area contributed by atoms with Crippen LogP contribution in [0.4, 0.5) is 0 Å². The minimum atomic E-state index is -1.93. The normalized spacial score (nSPS) is 29.8. The lowest BCUT2D eigenvalue weighted by Crippen LogP contribution is -2.99. The molecule has 268 valence electrons. The van der Waals surface area contributed by atoms with Gasteiger partial charge in [-0.1, -0.05) is 70.7 Å². The minimum absolute atomic E-state index is 0.0239. The molecule has 2 aromatic rings. The molecule has 0 radical (unpaired) electrons. The zero-order valence-corrected chi connectivity index (χ0v) is 31.8. The monoisotopic (exact) mass is 766 g/mol. The molecule has 0 aromatic heterocycles. The van der Waals surface area contributed by atoms with Gasteiger partial charge in [-0.2, -0.15) is 0 Å². The average Bonchev–Trinajstić information content (AvgIpc) is 3.06. The fourth-order valence-corrected chi connectivity index (χ4v) is 10.3. The van der Waals surface area contributed by atoms with Crippen molar-refractivity contribution in [3.05, 3.63) is 90.2 Å². The first kappa shape index (κ1) is 37.8. The van der Waals surface area contributed by atoms with Crippen molar-refractivity contribution in [1.82, 2.24) is 10.6 Å². The molecule has 3 aliphatic rings. The highest BCUT2D eigenvalue weighted by molar-refractivity contribution is 6.43. The maximum absolute atomic E-state index is 15.2. The minimum Gasteiger partial charge on any atom is -0.468 e. The lowest BCUT2D eigenvalue weighted by atomic mass is 9.23. The highest BCUT2D eigenvalue weighted by atomic mass is 35.5. The Kier molecular flexibility index (Phi) is 10.0. The molecule has 6 unspecified atom stereocenters. The maximum Gasteiger partial charge on any atom is 0.336 e. The summed E-state index contributed by atoms with van der Waals surface area (Å²) in [4.78, 5) is 58.1. The first-order chi connectivity index (χ1) is 23.5. The molecular formula is C36H38Cl4N2O8. The first-order valence-corrected chi connectivity index (χ1v) is 17.4. The summed E-state index contributed by atoms with van der Waals surface area (Å²) in [5.41, 5.74) is -6.09. The fraction of sp³-hybridized carbons (Fsp3) is 0.444. The summed E-state index contributed by atoms with van der Waals surface area (Å²) < 4.78 is 22.5. The second-order valence-corrected chi connectivity index (χ2v) is 14.3. The topological polar surface area (TPSA) is 129 Å². The van der Waals surface area contributed by atoms with E-state index in [4.69, 9.17) is 65.4 Å². The van der Waals surface area contributed by atoms with Gasteiger partial charge in [-0.05, 0) is 64.8 Å². The summed E-state index contributed by atoms with van der Waals surface area (Å²) in [6.07, 6.45) is 0. The number of esters is 4. The lowest BCUT2D eigenvalue weighted by molar-refractivity contribution is -0.273. The van der Waals surface area contributed by atoms with Gasteiger partial charge >= 0.3 is 23.9 Å². The summed E-state index contributed by atoms with van der Waals surface area (Å²) in [5.74, 6) is -5.55. The van der Waals surface area contributed by atoms with E-state index in [-0.39, 0.29) is 55.8 Å². The molecule has 50 heavy (non-hydrogen) atoms. The number of carbonyl (C=O) groups excluding carboxylic acids is 4. The van der Waals surface area contributed by atoms with Gasteiger partial charge in [0.2, 0.25) is 0 Å². The summed E-state index contributed by atoms with van der Waals surface area (Å²) >= 11 is 27.1. The van der Waals surface area contributed by atoms with Gasteiger partial charge < -0.3 is 29.6 Å². The van der Waals surface area contributed by atoms with E-state index >= 15 is 9.59 Å². The van der Waals surface area contributed by atoms with E-state index in [0.717, 1.165) is 0 Å². The van der Waals surface area contributed by atoms with Gasteiger partial charge in [-0.15, -0.1) is 0 Å². The van der Waals surface area contributed by atoms with Crippen LogP contribution in [0.25, 0.3) is 0 Å². The number of ether oxygens (including phenoxy) is 4. The number of benzene rings is 2. The molecule has 2 aliphatic heterocycles. The molecule has 1 aliphatic carbocycles. The van der Waals surface area contributed by atoms with Crippen molar-refractivity contribution in [3.63, 3.8) is 0 Å². The van der Waals surface area contributed by atoms with Crippen LogP contribution in [0.3, 0.4) is 0 Å². The summed E-state index contributed by atoms with van der Waals surface area (Å²) in [6.45, 7) is 9.87. The average molecular weight is 769 g/mol. The predicted molar refractivity (Wildman–Crippen MR) is 189 cm³/mol. The van der Waals surface area contributed by atoms with E-state index in [0.29, 0.717) is 11.1 Å². The number of hydrogen-bond acceptors (Lipinski definition) is 10. The van der Waals surface area contributed by atoms with E-state index in [1.165, 1.54) is 14.2 Å². The maximum atomic E-state index is 15.2. The Morgan fingerprint density at radius 1 is 0.660 bits per heavy atom. The van der Waals surface area contributed by atoms with Crippen LogP contribution in [0.5, 0.6) is 0 Å². The molecule has 0 saturated heterocycles. The molecule has 1 saturated carbocycles. The van der Waals surface area contributed by atoms with Crippen LogP contribution in [-0.4, -0.2) is 62.4 Å². The van der Waals surface area contributed by atoms with E-state index in [1.807, 2.05) is 0 Å². The number of nitrogens with one attached hydrogen (secondary N) is 2. The molecule has 0 amide bonds. The summed E-state index contributed by atoms with van der Waals surface area (Å²) in [7, 11) is 2.44. The van der Waals surface area contributed by atoms with E-state index in [9.17, 15) is 9.59 Å². The first-order valence-electron chi connectivity index (χ1n) is 15.9. The summed E-state index contributed by atoms with van der Waals surface area (Å²) in [6, 6.07) is 9.77. The van der Waals surface area contributed by atoms with Crippen LogP contribution in [0.15, 0.2) is 58.9 Å². The van der Waals surface area contributed by atoms with Gasteiger partial charge in [0.15, 0.2) is 0 Å². The number of halogens is 4. The van der Waals surface area contributed by atoms with Crippen LogP contribution >= 0.6 is 46.4 Å². The van der Waals surface area contributed by atoms with E-state index in [1.54, 1.807) is 77.9 Å². The summed E-state index contributed by atoms with van der Waals surface area (Å²) in [5, 5.41) is 7.29. The lowest BCUT2D eigenvalue weighted by Gasteiger charge is -2.82. The van der Waals surface area contributed by atoms with Crippen molar-refractivity contribution in [1.29, 1.82) is 0 Å². The van der Waals surface area contributed by atoms with Gasteiger partial charge in [0.25, 0.3) is 0 Å². The van der Waals surface area contributed by atoms with Crippen LogP contribution < -0.4 is 10.6 Å². The Labute approximate surface area is 310 Å². The SMILES string of the molecule is CCOC(=O)C1=C(C)NC2(C)C(C(=O)OC)(C1c1cccc(Cl)c1Cl)C1(C)NC(C)=C(C(=O)OC)C(c3cccc(Cl)c3Cl)C21C(=O)OCC. The quantitative estimate of drug-likeness (QED) is 0.216. The Hall–Kier alpha value is -3.44. The van der Waals surface area contributed by atoms with Gasteiger partial charge in [0.05, 0.1) is 69.7 Å². The zero-order valence-electron chi connectivity index (χ0n) is 28.8. The van der Waals surface area contributed by atoms with Crippen molar-refractivity contribution in [2.24, 2.45) is 10.8 Å². The molecule has 1 fully saturated rings. The third-order valence-electron chi connectivity index (χ3n) is 10.9. The van der Waals surface area contributed by atoms with Gasteiger partial charge in [0.1, 0.15) is 10.8 Å². The van der Waals surface area contributed by atoms with Crippen molar-refractivity contribution >= 4 is 70.3 Å². The van der Waals surface area contributed by atoms with Crippen molar-refractivity contribution < 1.29 is 38.1 Å². The van der Waals surface area contributed by atoms with Crippen molar-refractivity contribution in [2.75, 3.05) is 27.4 Å². The van der Waals surface area contributed by atoms with Gasteiger partial charge in [-0.25, -0.2) is 9.59 Å². The molecule has 5 rings (SSSR count). The highest BCUT2D eigenvalue weighted by Gasteiger charge is 2.96. The largest absolute Gasteiger partial charge is 0.468 e. The molecule has 14 heteroatoms. The fourth-order valence-electron chi connectivity index (χ4n) is 9.44. The predicted octanol–water partition coefficient (Wildman–Crippen LogP) is 6.90. The van der Waals surface area contributed by atoms with Gasteiger partial charge in [-0.3, -0.25) is 9.59 Å². The third kappa shape index (κ3) is 4.53. The van der Waals surface area contributed by atoms with Crippen molar-refractivity contribution in [2.45, 2.75) is 64.5 Å². The zero-order chi connectivity index (χ0) is 37.1. The van der Waals surface area contributed by atoms with Crippen LogP contribution in [-0.2, 0) is 38.1 Å². The second kappa shape index (κ2) is 13.3. The molecule has 0 spiro atoms. The standard InChI is InChI=1S/C36H38Cl4N2O8/c1-9-49-30(44)24-18(4)42-34(6)35(31(45)48-8,26(24)20-14-12-16-22(38)28(20)40)33(5)36(34,32(46)50-10-2)25(19-13-11-15-21(37)27(19)39)23(17(3)41-33)29(43)47-7/h11-16,25-26,41-42H,9-10H2,1-8H3. The van der Waals surface area contributed by atoms with E-state index in [2.05, 4.69) is 10.6 Å². The molecule has 2 N–H and O–H groups in total. The van der Waals surface area contributed by atoms with E-state index < -0.39 is 57.6 Å². The second-order valence-electron chi connectivity index (χ2n) is 12.8. The number of allylic oxidation sites excluding steroid dienone is 2. The number of rotatable bonds is 8. The molecule has 2 aromatic carbocycles.